The van der Waals surface area contributed by atoms with E-state index in [4.69, 9.17) is 9.47 Å². The average Bonchev–Trinajstić information content (AvgIpc) is 3.06. The fourth-order valence-electron chi connectivity index (χ4n) is 2.69. The summed E-state index contributed by atoms with van der Waals surface area (Å²) < 4.78 is 48.9. The molecule has 7 nitrogen and oxygen atoms in total. The number of hydrogen-bond donors (Lipinski definition) is 1. The van der Waals surface area contributed by atoms with E-state index < -0.39 is 28.5 Å². The Kier molecular flexibility index (Phi) is 5.22. The lowest BCUT2D eigenvalue weighted by Crippen LogP contribution is -2.41. The molecule has 0 fully saturated rings. The second-order valence-electron chi connectivity index (χ2n) is 6.15. The first-order chi connectivity index (χ1) is 12.7. The van der Waals surface area contributed by atoms with Crippen LogP contribution in [0.15, 0.2) is 42.5 Å². The van der Waals surface area contributed by atoms with Crippen LogP contribution < -0.4 is 19.1 Å². The van der Waals surface area contributed by atoms with Gasteiger partial charge in [-0.2, -0.15) is 0 Å². The summed E-state index contributed by atoms with van der Waals surface area (Å²) in [5.74, 6) is 0.0704. The number of benzene rings is 2. The van der Waals surface area contributed by atoms with Gasteiger partial charge in [-0.15, -0.1) is 0 Å². The second-order valence-corrected chi connectivity index (χ2v) is 8.05. The smallest absolute Gasteiger partial charge is 0.241 e. The van der Waals surface area contributed by atoms with Crippen LogP contribution in [0.5, 0.6) is 11.5 Å². The van der Waals surface area contributed by atoms with Crippen LogP contribution in [0.4, 0.5) is 10.1 Å². The van der Waals surface area contributed by atoms with Crippen LogP contribution in [-0.4, -0.2) is 33.9 Å². The Morgan fingerprint density at radius 1 is 1.19 bits per heavy atom. The zero-order valence-corrected chi connectivity index (χ0v) is 15.6. The summed E-state index contributed by atoms with van der Waals surface area (Å²) in [6, 6.07) is 9.97. The van der Waals surface area contributed by atoms with E-state index in [9.17, 15) is 17.6 Å². The lowest BCUT2D eigenvalue weighted by atomic mass is 10.1. The number of anilines is 1. The van der Waals surface area contributed by atoms with Crippen molar-refractivity contribution in [2.45, 2.75) is 13.0 Å². The van der Waals surface area contributed by atoms with Crippen LogP contribution in [-0.2, 0) is 14.8 Å². The number of carbonyl (C=O) groups is 1. The first-order valence-electron chi connectivity index (χ1n) is 8.16. The van der Waals surface area contributed by atoms with Crippen molar-refractivity contribution in [1.29, 1.82) is 0 Å². The van der Waals surface area contributed by atoms with Crippen LogP contribution in [0.25, 0.3) is 0 Å². The van der Waals surface area contributed by atoms with Crippen molar-refractivity contribution in [3.05, 3.63) is 53.8 Å². The molecule has 1 aliphatic heterocycles. The molecule has 1 N–H and O–H groups in total. The van der Waals surface area contributed by atoms with Gasteiger partial charge < -0.3 is 14.8 Å². The Hall–Kier alpha value is -2.81. The molecule has 1 amide bonds. The normalized spacial score (nSPS) is 13.9. The molecule has 0 spiro atoms. The topological polar surface area (TPSA) is 84.9 Å². The molecule has 1 heterocycles. The van der Waals surface area contributed by atoms with Gasteiger partial charge in [-0.3, -0.25) is 9.10 Å². The van der Waals surface area contributed by atoms with E-state index in [1.807, 2.05) is 0 Å². The summed E-state index contributed by atoms with van der Waals surface area (Å²) in [4.78, 5) is 12.4. The molecular weight excluding hydrogens is 375 g/mol. The van der Waals surface area contributed by atoms with Gasteiger partial charge in [0.2, 0.25) is 22.7 Å². The molecule has 0 aliphatic carbocycles. The first-order valence-corrected chi connectivity index (χ1v) is 10.0. The average molecular weight is 394 g/mol. The third-order valence-electron chi connectivity index (χ3n) is 4.08. The molecular formula is C18H19FN2O5S. The number of nitrogens with zero attached hydrogens (tertiary/aromatic N) is 1. The van der Waals surface area contributed by atoms with Gasteiger partial charge in [-0.1, -0.05) is 12.1 Å². The SMILES string of the molecule is C[C@H](NC(=O)CN(c1ccc2c(c1)OCO2)S(C)(=O)=O)c1ccc(F)cc1. The summed E-state index contributed by atoms with van der Waals surface area (Å²) in [6.45, 7) is 1.40. The Morgan fingerprint density at radius 2 is 1.85 bits per heavy atom. The Balaban J connectivity index is 1.75. The van der Waals surface area contributed by atoms with Crippen LogP contribution in [0, 0.1) is 5.82 Å². The highest BCUT2D eigenvalue weighted by atomic mass is 32.2. The van der Waals surface area contributed by atoms with Gasteiger partial charge in [-0.25, -0.2) is 12.8 Å². The minimum atomic E-state index is -3.71. The molecule has 1 aliphatic rings. The Labute approximate surface area is 156 Å². The molecule has 0 unspecified atom stereocenters. The monoisotopic (exact) mass is 394 g/mol. The molecule has 9 heteroatoms. The highest BCUT2D eigenvalue weighted by Gasteiger charge is 2.24. The van der Waals surface area contributed by atoms with Crippen molar-refractivity contribution < 1.29 is 27.1 Å². The fraction of sp³-hybridized carbons (Fsp3) is 0.278. The van der Waals surface area contributed by atoms with Gasteiger partial charge in [0.15, 0.2) is 11.5 Å². The van der Waals surface area contributed by atoms with E-state index in [2.05, 4.69) is 5.32 Å². The summed E-state index contributed by atoms with van der Waals surface area (Å²) >= 11 is 0. The van der Waals surface area contributed by atoms with Crippen molar-refractivity contribution in [2.24, 2.45) is 0 Å². The number of nitrogens with one attached hydrogen (secondary N) is 1. The lowest BCUT2D eigenvalue weighted by Gasteiger charge is -2.23. The summed E-state index contributed by atoms with van der Waals surface area (Å²) in [7, 11) is -3.71. The van der Waals surface area contributed by atoms with Crippen molar-refractivity contribution in [3.8, 4) is 11.5 Å². The van der Waals surface area contributed by atoms with E-state index in [0.29, 0.717) is 22.7 Å². The number of hydrogen-bond acceptors (Lipinski definition) is 5. The van der Waals surface area contributed by atoms with Crippen LogP contribution >= 0.6 is 0 Å². The molecule has 3 rings (SSSR count). The van der Waals surface area contributed by atoms with E-state index in [1.54, 1.807) is 31.2 Å². The third-order valence-corrected chi connectivity index (χ3v) is 5.22. The summed E-state index contributed by atoms with van der Waals surface area (Å²) in [6.07, 6.45) is 1.02. The number of ether oxygens (including phenoxy) is 2. The number of sulfonamides is 1. The van der Waals surface area contributed by atoms with E-state index in [1.165, 1.54) is 18.2 Å². The second kappa shape index (κ2) is 7.43. The van der Waals surface area contributed by atoms with Gasteiger partial charge in [0, 0.05) is 6.07 Å². The Morgan fingerprint density at radius 3 is 2.52 bits per heavy atom. The van der Waals surface area contributed by atoms with Gasteiger partial charge in [0.05, 0.1) is 18.0 Å². The molecule has 2 aromatic rings. The zero-order chi connectivity index (χ0) is 19.6. The maximum atomic E-state index is 13.0. The lowest BCUT2D eigenvalue weighted by molar-refractivity contribution is -0.120. The zero-order valence-electron chi connectivity index (χ0n) is 14.8. The highest BCUT2D eigenvalue weighted by Crippen LogP contribution is 2.36. The predicted octanol–water partition coefficient (Wildman–Crippen LogP) is 2.20. The minimum Gasteiger partial charge on any atom is -0.454 e. The molecule has 0 radical (unpaired) electrons. The van der Waals surface area contributed by atoms with E-state index in [-0.39, 0.29) is 12.6 Å². The van der Waals surface area contributed by atoms with Gasteiger partial charge >= 0.3 is 0 Å². The number of rotatable bonds is 6. The third kappa shape index (κ3) is 4.48. The minimum absolute atomic E-state index is 0.0628. The highest BCUT2D eigenvalue weighted by molar-refractivity contribution is 7.92. The molecule has 27 heavy (non-hydrogen) atoms. The number of carbonyl (C=O) groups excluding carboxylic acids is 1. The van der Waals surface area contributed by atoms with Gasteiger partial charge in [-0.05, 0) is 36.8 Å². The predicted molar refractivity (Wildman–Crippen MR) is 97.7 cm³/mol. The molecule has 144 valence electrons. The Bertz CT molecular complexity index is 947. The fourth-order valence-corrected chi connectivity index (χ4v) is 3.54. The molecule has 0 saturated carbocycles. The van der Waals surface area contributed by atoms with E-state index in [0.717, 1.165) is 10.6 Å². The number of halogens is 1. The number of amides is 1. The van der Waals surface area contributed by atoms with Gasteiger partial charge in [0.25, 0.3) is 0 Å². The number of fused-ring (bicyclic) bond motifs is 1. The van der Waals surface area contributed by atoms with Crippen LogP contribution in [0.3, 0.4) is 0 Å². The van der Waals surface area contributed by atoms with E-state index >= 15 is 0 Å². The summed E-state index contributed by atoms with van der Waals surface area (Å²) in [5.41, 5.74) is 1.00. The largest absolute Gasteiger partial charge is 0.454 e. The van der Waals surface area contributed by atoms with Crippen LogP contribution in [0.2, 0.25) is 0 Å². The molecule has 2 aromatic carbocycles. The molecule has 0 aromatic heterocycles. The van der Waals surface area contributed by atoms with Crippen LogP contribution in [0.1, 0.15) is 18.5 Å². The maximum absolute atomic E-state index is 13.0. The summed E-state index contributed by atoms with van der Waals surface area (Å²) in [5, 5.41) is 2.72. The van der Waals surface area contributed by atoms with Crippen molar-refractivity contribution in [1.82, 2.24) is 5.32 Å². The van der Waals surface area contributed by atoms with Crippen molar-refractivity contribution >= 4 is 21.6 Å². The molecule has 0 bridgehead atoms. The first kappa shape index (κ1) is 19.0. The standard InChI is InChI=1S/C18H19FN2O5S/c1-12(13-3-5-14(19)6-4-13)20-18(22)10-21(27(2,23)24)15-7-8-16-17(9-15)26-11-25-16/h3-9,12H,10-11H2,1-2H3,(H,20,22)/t12-/m0/s1. The maximum Gasteiger partial charge on any atom is 0.241 e. The molecule has 1 atom stereocenters. The van der Waals surface area contributed by atoms with Crippen molar-refractivity contribution in [3.63, 3.8) is 0 Å². The van der Waals surface area contributed by atoms with Crippen molar-refractivity contribution in [2.75, 3.05) is 23.9 Å². The quantitative estimate of drug-likeness (QED) is 0.812. The van der Waals surface area contributed by atoms with Gasteiger partial charge in [0.1, 0.15) is 12.4 Å². The molecule has 0 saturated heterocycles.